The van der Waals surface area contributed by atoms with Gasteiger partial charge in [0.15, 0.2) is 5.96 Å². The lowest BCUT2D eigenvalue weighted by molar-refractivity contribution is -0.137. The molecule has 1 aliphatic rings. The Balaban J connectivity index is 1.98. The van der Waals surface area contributed by atoms with Crippen molar-refractivity contribution in [1.29, 1.82) is 0 Å². The fourth-order valence-electron chi connectivity index (χ4n) is 3.15. The van der Waals surface area contributed by atoms with Gasteiger partial charge in [0.25, 0.3) is 0 Å². The van der Waals surface area contributed by atoms with Crippen molar-refractivity contribution in [3.63, 3.8) is 0 Å². The fourth-order valence-corrected chi connectivity index (χ4v) is 3.15. The number of nitrogens with one attached hydrogen (secondary N) is 2. The van der Waals surface area contributed by atoms with Crippen LogP contribution in [0.15, 0.2) is 29.3 Å². The summed E-state index contributed by atoms with van der Waals surface area (Å²) < 4.78 is 55.6. The molecule has 0 amide bonds. The van der Waals surface area contributed by atoms with Gasteiger partial charge in [0.05, 0.1) is 24.3 Å². The van der Waals surface area contributed by atoms with Crippen LogP contribution in [0.4, 0.5) is 13.2 Å². The summed E-state index contributed by atoms with van der Waals surface area (Å²) in [7, 11) is 1.69. The highest BCUT2D eigenvalue weighted by Crippen LogP contribution is 2.31. The van der Waals surface area contributed by atoms with Crippen molar-refractivity contribution in [2.24, 2.45) is 4.99 Å². The first-order valence-electron chi connectivity index (χ1n) is 10.3. The maximum absolute atomic E-state index is 12.9. The quantitative estimate of drug-likeness (QED) is 0.462. The Morgan fingerprint density at radius 3 is 2.57 bits per heavy atom. The minimum Gasteiger partial charge on any atom is -0.489 e. The zero-order valence-corrected chi connectivity index (χ0v) is 17.8. The summed E-state index contributed by atoms with van der Waals surface area (Å²) >= 11 is 0. The zero-order valence-electron chi connectivity index (χ0n) is 17.8. The molecular weight excluding hydrogens is 399 g/mol. The first-order chi connectivity index (χ1) is 14.3. The molecule has 1 aromatic carbocycles. The summed E-state index contributed by atoms with van der Waals surface area (Å²) in [6.45, 7) is 6.77. The second kappa shape index (κ2) is 11.4. The molecule has 0 saturated carbocycles. The van der Waals surface area contributed by atoms with E-state index in [2.05, 4.69) is 15.6 Å². The van der Waals surface area contributed by atoms with Crippen LogP contribution in [0.3, 0.4) is 0 Å². The molecular formula is C21H32F3N3O3. The normalized spacial score (nSPS) is 18.0. The number of ether oxygens (including phenoxy) is 3. The third-order valence-electron chi connectivity index (χ3n) is 5.12. The van der Waals surface area contributed by atoms with Crippen molar-refractivity contribution in [2.75, 3.05) is 40.0 Å². The first-order valence-corrected chi connectivity index (χ1v) is 10.3. The zero-order chi connectivity index (χ0) is 22.0. The first kappa shape index (κ1) is 24.3. The number of guanidine groups is 1. The number of benzene rings is 1. The molecule has 1 fully saturated rings. The number of alkyl halides is 3. The van der Waals surface area contributed by atoms with Gasteiger partial charge in [-0.25, -0.2) is 0 Å². The topological polar surface area (TPSA) is 64.1 Å². The van der Waals surface area contributed by atoms with Crippen molar-refractivity contribution >= 4 is 5.96 Å². The fraction of sp³-hybridized carbons (Fsp3) is 0.667. The molecule has 0 radical (unpaired) electrons. The van der Waals surface area contributed by atoms with Gasteiger partial charge in [-0.1, -0.05) is 13.0 Å². The van der Waals surface area contributed by atoms with Gasteiger partial charge in [-0.3, -0.25) is 4.99 Å². The lowest BCUT2D eigenvalue weighted by Crippen LogP contribution is -2.45. The predicted octanol–water partition coefficient (Wildman–Crippen LogP) is 3.61. The van der Waals surface area contributed by atoms with Gasteiger partial charge in [0.2, 0.25) is 0 Å². The summed E-state index contributed by atoms with van der Waals surface area (Å²) in [6.07, 6.45) is -2.52. The Morgan fingerprint density at radius 1 is 1.23 bits per heavy atom. The minimum atomic E-state index is -4.40. The summed E-state index contributed by atoms with van der Waals surface area (Å²) in [5, 5.41) is 6.41. The van der Waals surface area contributed by atoms with Crippen molar-refractivity contribution in [3.8, 4) is 5.75 Å². The molecule has 0 aromatic heterocycles. The van der Waals surface area contributed by atoms with Gasteiger partial charge >= 0.3 is 6.18 Å². The number of halogens is 3. The maximum Gasteiger partial charge on any atom is 0.416 e. The molecule has 9 heteroatoms. The molecule has 170 valence electrons. The Hall–Kier alpha value is -2.00. The summed E-state index contributed by atoms with van der Waals surface area (Å²) in [6, 6.07) is 4.94. The molecule has 1 unspecified atom stereocenters. The minimum absolute atomic E-state index is 0.195. The van der Waals surface area contributed by atoms with Crippen LogP contribution in [0.2, 0.25) is 0 Å². The van der Waals surface area contributed by atoms with Gasteiger partial charge in [-0.15, -0.1) is 0 Å². The van der Waals surface area contributed by atoms with E-state index in [9.17, 15) is 13.2 Å². The van der Waals surface area contributed by atoms with E-state index in [1.807, 2.05) is 13.8 Å². The lowest BCUT2D eigenvalue weighted by atomic mass is 9.94. The van der Waals surface area contributed by atoms with Crippen molar-refractivity contribution in [3.05, 3.63) is 29.8 Å². The summed E-state index contributed by atoms with van der Waals surface area (Å²) in [5.74, 6) is 0.812. The second-order valence-electron chi connectivity index (χ2n) is 7.25. The molecule has 1 aliphatic heterocycles. The Kier molecular flexibility index (Phi) is 9.23. The van der Waals surface area contributed by atoms with E-state index in [0.29, 0.717) is 45.2 Å². The number of nitrogens with zero attached hydrogens (tertiary/aromatic N) is 1. The molecule has 2 rings (SSSR count). The molecule has 0 aliphatic carbocycles. The SMILES string of the molecule is CCNC(=NCC1(OC)CCOCC1)NCC(CC)Oc1cccc(C(F)(F)F)c1. The van der Waals surface area contributed by atoms with Crippen LogP contribution in [0.1, 0.15) is 38.7 Å². The standard InChI is InChI=1S/C21H32F3N3O3/c1-4-17(30-18-8-6-7-16(13-18)21(22,23)24)14-26-19(25-5-2)27-15-20(28-3)9-11-29-12-10-20/h6-8,13,17H,4-5,9-12,14-15H2,1-3H3,(H2,25,26,27). The smallest absolute Gasteiger partial charge is 0.416 e. The molecule has 1 aromatic rings. The van der Waals surface area contributed by atoms with E-state index >= 15 is 0 Å². The summed E-state index contributed by atoms with van der Waals surface area (Å²) in [5.41, 5.74) is -1.06. The van der Waals surface area contributed by atoms with E-state index in [1.54, 1.807) is 7.11 Å². The van der Waals surface area contributed by atoms with Crippen LogP contribution in [-0.4, -0.2) is 57.6 Å². The van der Waals surface area contributed by atoms with E-state index in [0.717, 1.165) is 25.0 Å². The van der Waals surface area contributed by atoms with Crippen LogP contribution < -0.4 is 15.4 Å². The number of rotatable bonds is 9. The molecule has 1 saturated heterocycles. The third-order valence-corrected chi connectivity index (χ3v) is 5.12. The molecule has 1 atom stereocenters. The summed E-state index contributed by atoms with van der Waals surface area (Å²) in [4.78, 5) is 4.65. The number of methoxy groups -OCH3 is 1. The number of hydrogen-bond acceptors (Lipinski definition) is 4. The maximum atomic E-state index is 12.9. The predicted molar refractivity (Wildman–Crippen MR) is 110 cm³/mol. The largest absolute Gasteiger partial charge is 0.489 e. The van der Waals surface area contributed by atoms with E-state index in [4.69, 9.17) is 14.2 Å². The Bertz CT molecular complexity index is 677. The highest BCUT2D eigenvalue weighted by molar-refractivity contribution is 5.79. The highest BCUT2D eigenvalue weighted by atomic mass is 19.4. The van der Waals surface area contributed by atoms with Crippen LogP contribution >= 0.6 is 0 Å². The number of aliphatic imine (C=N–C) groups is 1. The van der Waals surface area contributed by atoms with Crippen molar-refractivity contribution < 1.29 is 27.4 Å². The van der Waals surface area contributed by atoms with E-state index < -0.39 is 11.7 Å². The average Bonchev–Trinajstić information content (AvgIpc) is 2.75. The van der Waals surface area contributed by atoms with Crippen LogP contribution in [0.5, 0.6) is 5.75 Å². The average molecular weight is 431 g/mol. The molecule has 30 heavy (non-hydrogen) atoms. The van der Waals surface area contributed by atoms with Gasteiger partial charge < -0.3 is 24.8 Å². The van der Waals surface area contributed by atoms with Crippen LogP contribution in [0.25, 0.3) is 0 Å². The molecule has 0 bridgehead atoms. The highest BCUT2D eigenvalue weighted by Gasteiger charge is 2.32. The monoisotopic (exact) mass is 431 g/mol. The second-order valence-corrected chi connectivity index (χ2v) is 7.25. The molecule has 0 spiro atoms. The van der Waals surface area contributed by atoms with Crippen molar-refractivity contribution in [2.45, 2.75) is 51.0 Å². The van der Waals surface area contributed by atoms with Crippen molar-refractivity contribution in [1.82, 2.24) is 10.6 Å². The lowest BCUT2D eigenvalue weighted by Gasteiger charge is -2.34. The van der Waals surface area contributed by atoms with Gasteiger partial charge in [0.1, 0.15) is 11.9 Å². The van der Waals surface area contributed by atoms with E-state index in [1.165, 1.54) is 12.1 Å². The Labute approximate surface area is 176 Å². The van der Waals surface area contributed by atoms with Gasteiger partial charge in [0, 0.05) is 39.7 Å². The molecule has 6 nitrogen and oxygen atoms in total. The van der Waals surface area contributed by atoms with Crippen LogP contribution in [-0.2, 0) is 15.7 Å². The Morgan fingerprint density at radius 2 is 1.97 bits per heavy atom. The van der Waals surface area contributed by atoms with E-state index in [-0.39, 0.29) is 17.5 Å². The molecule has 2 N–H and O–H groups in total. The van der Waals surface area contributed by atoms with Gasteiger partial charge in [-0.05, 0) is 31.5 Å². The van der Waals surface area contributed by atoms with Gasteiger partial charge in [-0.2, -0.15) is 13.2 Å². The third kappa shape index (κ3) is 7.36. The number of hydrogen-bond donors (Lipinski definition) is 2. The molecule has 1 heterocycles. The van der Waals surface area contributed by atoms with Crippen LogP contribution in [0, 0.1) is 0 Å².